The largest absolute Gasteiger partial charge is 0.433 e. The molecule has 0 radical (unpaired) electrons. The lowest BCUT2D eigenvalue weighted by atomic mass is 9.73. The third kappa shape index (κ3) is 1.73. The Labute approximate surface area is 101 Å². The molecule has 1 aliphatic rings. The average Bonchev–Trinajstić information content (AvgIpc) is 2.09. The number of rotatable bonds is 2. The summed E-state index contributed by atoms with van der Waals surface area (Å²) in [6.07, 6.45) is -7.61. The molecule has 0 N–H and O–H groups in total. The zero-order valence-corrected chi connectivity index (χ0v) is 9.32. The van der Waals surface area contributed by atoms with Crippen LogP contribution in [0.5, 0.6) is 0 Å². The Kier molecular flexibility index (Phi) is 3.06. The van der Waals surface area contributed by atoms with Gasteiger partial charge in [0.05, 0.1) is 5.57 Å². The van der Waals surface area contributed by atoms with Gasteiger partial charge in [-0.05, 0) is 22.0 Å². The minimum Gasteiger partial charge on any atom is -0.221 e. The monoisotopic (exact) mass is 354 g/mol. The third-order valence-electron chi connectivity index (χ3n) is 2.24. The molecule has 1 atom stereocenters. The van der Waals surface area contributed by atoms with Crippen molar-refractivity contribution in [3.63, 3.8) is 0 Å². The van der Waals surface area contributed by atoms with Crippen molar-refractivity contribution >= 4 is 15.9 Å². The summed E-state index contributed by atoms with van der Waals surface area (Å²) in [6.45, 7) is 0. The molecule has 11 heteroatoms. The Balaban J connectivity index is 3.38. The molecule has 0 fully saturated rings. The van der Waals surface area contributed by atoms with Gasteiger partial charge in [0, 0.05) is 0 Å². The zero-order valence-electron chi connectivity index (χ0n) is 7.73. The first-order valence-corrected chi connectivity index (χ1v) is 4.70. The Morgan fingerprint density at radius 1 is 0.889 bits per heavy atom. The van der Waals surface area contributed by atoms with Crippen molar-refractivity contribution in [3.8, 4) is 0 Å². The summed E-state index contributed by atoms with van der Waals surface area (Å²) < 4.78 is 124. The number of hydrogen-bond acceptors (Lipinski definition) is 0. The summed E-state index contributed by atoms with van der Waals surface area (Å²) in [7, 11) is 0. The molecule has 106 valence electrons. The quantitative estimate of drug-likeness (QED) is 0.390. The zero-order chi connectivity index (χ0) is 14.8. The van der Waals surface area contributed by atoms with Crippen LogP contribution in [-0.2, 0) is 0 Å². The van der Waals surface area contributed by atoms with Gasteiger partial charge in [0.25, 0.3) is 5.67 Å². The van der Waals surface area contributed by atoms with Crippen LogP contribution in [-0.4, -0.2) is 28.5 Å². The molecule has 0 nitrogen and oxygen atoms in total. The van der Waals surface area contributed by atoms with Gasteiger partial charge in [0.15, 0.2) is 0 Å². The first-order chi connectivity index (χ1) is 7.59. The molecule has 0 spiro atoms. The highest BCUT2D eigenvalue weighted by atomic mass is 79.9. The second-order valence-corrected chi connectivity index (χ2v) is 4.41. The van der Waals surface area contributed by atoms with Crippen molar-refractivity contribution in [2.75, 3.05) is 0 Å². The van der Waals surface area contributed by atoms with Gasteiger partial charge >= 0.3 is 22.9 Å². The molecule has 1 unspecified atom stereocenters. The van der Waals surface area contributed by atoms with Crippen molar-refractivity contribution < 1.29 is 43.9 Å². The Morgan fingerprint density at radius 2 is 1.28 bits per heavy atom. The van der Waals surface area contributed by atoms with Crippen LogP contribution in [0, 0.1) is 0 Å². The molecule has 0 saturated heterocycles. The van der Waals surface area contributed by atoms with E-state index in [1.54, 1.807) is 0 Å². The number of alkyl halides is 11. The maximum Gasteiger partial charge on any atom is 0.433 e. The standard InChI is InChI=1S/C7HBrF10/c8-6(14,15)5(12,13)2-1-3(9,10)4(2,11)7(16,17)18/h1H. The van der Waals surface area contributed by atoms with E-state index in [0.29, 0.717) is 0 Å². The van der Waals surface area contributed by atoms with Crippen molar-refractivity contribution in [3.05, 3.63) is 11.6 Å². The highest BCUT2D eigenvalue weighted by molar-refractivity contribution is 9.10. The Bertz CT molecular complexity index is 388. The molecule has 1 rings (SSSR count). The highest BCUT2D eigenvalue weighted by Gasteiger charge is 2.84. The predicted octanol–water partition coefficient (Wildman–Crippen LogP) is 4.46. The van der Waals surface area contributed by atoms with Crippen LogP contribution in [0.3, 0.4) is 0 Å². The van der Waals surface area contributed by atoms with E-state index < -0.39 is 40.2 Å². The van der Waals surface area contributed by atoms with Gasteiger partial charge in [0.2, 0.25) is 0 Å². The first kappa shape index (κ1) is 15.6. The van der Waals surface area contributed by atoms with Crippen LogP contribution in [0.2, 0.25) is 0 Å². The predicted molar refractivity (Wildman–Crippen MR) is 41.7 cm³/mol. The summed E-state index contributed by atoms with van der Waals surface area (Å²) >= 11 is 1.03. The van der Waals surface area contributed by atoms with E-state index in [0.717, 1.165) is 15.9 Å². The highest BCUT2D eigenvalue weighted by Crippen LogP contribution is 2.63. The van der Waals surface area contributed by atoms with E-state index in [4.69, 9.17) is 0 Å². The molecule has 0 aromatic heterocycles. The van der Waals surface area contributed by atoms with Gasteiger partial charge < -0.3 is 0 Å². The summed E-state index contributed by atoms with van der Waals surface area (Å²) in [4.78, 5) is -5.30. The Hall–Kier alpha value is -0.480. The topological polar surface area (TPSA) is 0 Å². The van der Waals surface area contributed by atoms with Gasteiger partial charge in [0.1, 0.15) is 0 Å². The number of hydrogen-bond donors (Lipinski definition) is 0. The summed E-state index contributed by atoms with van der Waals surface area (Å²) in [6, 6.07) is 0. The third-order valence-corrected chi connectivity index (χ3v) is 2.74. The van der Waals surface area contributed by atoms with E-state index in [1.807, 2.05) is 0 Å². The van der Waals surface area contributed by atoms with Gasteiger partial charge in [-0.25, -0.2) is 4.39 Å². The van der Waals surface area contributed by atoms with E-state index in [9.17, 15) is 43.9 Å². The molecule has 0 heterocycles. The molecule has 1 aliphatic carbocycles. The van der Waals surface area contributed by atoms with Crippen molar-refractivity contribution in [1.82, 2.24) is 0 Å². The van der Waals surface area contributed by atoms with E-state index in [1.165, 1.54) is 0 Å². The van der Waals surface area contributed by atoms with E-state index in [2.05, 4.69) is 0 Å². The SMILES string of the molecule is FC(F)(F)C1(F)C(C(F)(F)C(F)(F)Br)=CC1(F)F. The minimum atomic E-state index is -6.46. The van der Waals surface area contributed by atoms with Crippen LogP contribution in [0.25, 0.3) is 0 Å². The van der Waals surface area contributed by atoms with Crippen LogP contribution in [0.1, 0.15) is 0 Å². The number of halogens is 11. The smallest absolute Gasteiger partial charge is 0.221 e. The molecule has 0 aliphatic heterocycles. The molecule has 0 bridgehead atoms. The van der Waals surface area contributed by atoms with Crippen molar-refractivity contribution in [2.24, 2.45) is 0 Å². The van der Waals surface area contributed by atoms with Gasteiger partial charge in [-0.2, -0.15) is 39.5 Å². The lowest BCUT2D eigenvalue weighted by Gasteiger charge is -2.45. The van der Waals surface area contributed by atoms with Gasteiger partial charge in [-0.15, -0.1) is 0 Å². The average molecular weight is 355 g/mol. The van der Waals surface area contributed by atoms with E-state index >= 15 is 0 Å². The maximum absolute atomic E-state index is 13.1. The molecular weight excluding hydrogens is 354 g/mol. The van der Waals surface area contributed by atoms with Crippen LogP contribution < -0.4 is 0 Å². The fraction of sp³-hybridized carbons (Fsp3) is 0.714. The maximum atomic E-state index is 13.1. The fourth-order valence-corrected chi connectivity index (χ4v) is 1.50. The molecule has 0 saturated carbocycles. The molecule has 0 aromatic rings. The van der Waals surface area contributed by atoms with Gasteiger partial charge in [-0.3, -0.25) is 0 Å². The second kappa shape index (κ2) is 3.54. The normalized spacial score (nSPS) is 28.7. The molecule has 0 amide bonds. The summed E-state index contributed by atoms with van der Waals surface area (Å²) in [5.41, 5.74) is -8.84. The van der Waals surface area contributed by atoms with Crippen LogP contribution >= 0.6 is 15.9 Å². The summed E-state index contributed by atoms with van der Waals surface area (Å²) in [5, 5.41) is 0. The fourth-order valence-electron chi connectivity index (χ4n) is 1.28. The van der Waals surface area contributed by atoms with Crippen LogP contribution in [0.15, 0.2) is 11.6 Å². The number of allylic oxidation sites excluding steroid dienone is 2. The molecule has 18 heavy (non-hydrogen) atoms. The molecular formula is C7HBrF10. The lowest BCUT2D eigenvalue weighted by molar-refractivity contribution is -0.303. The van der Waals surface area contributed by atoms with E-state index in [-0.39, 0.29) is 0 Å². The van der Waals surface area contributed by atoms with Gasteiger partial charge in [-0.1, -0.05) is 0 Å². The molecule has 0 aromatic carbocycles. The first-order valence-electron chi connectivity index (χ1n) is 3.91. The Morgan fingerprint density at radius 3 is 1.50 bits per heavy atom. The van der Waals surface area contributed by atoms with Crippen molar-refractivity contribution in [2.45, 2.75) is 28.5 Å². The van der Waals surface area contributed by atoms with Crippen LogP contribution in [0.4, 0.5) is 43.9 Å². The minimum absolute atomic E-state index is 1.03. The van der Waals surface area contributed by atoms with Crippen molar-refractivity contribution in [1.29, 1.82) is 0 Å². The second-order valence-electron chi connectivity index (χ2n) is 3.41. The lowest BCUT2D eigenvalue weighted by Crippen LogP contribution is -2.67. The summed E-state index contributed by atoms with van der Waals surface area (Å²) in [5.74, 6) is -11.1.